The molecule has 122 valence electrons. The first-order valence-electron chi connectivity index (χ1n) is 6.53. The Morgan fingerprint density at radius 1 is 1.32 bits per heavy atom. The molecule has 1 aromatic rings. The Morgan fingerprint density at radius 3 is 2.55 bits per heavy atom. The second-order valence-electron chi connectivity index (χ2n) is 4.43. The molecule has 0 aromatic heterocycles. The molecular weight excluding hydrogens is 303 g/mol. The molecule has 1 rings (SSSR count). The van der Waals surface area contributed by atoms with E-state index in [0.717, 1.165) is 12.1 Å². The molecule has 0 bridgehead atoms. The third-order valence-corrected chi connectivity index (χ3v) is 2.85. The average molecular weight is 319 g/mol. The van der Waals surface area contributed by atoms with Gasteiger partial charge in [0.25, 0.3) is 5.91 Å². The van der Waals surface area contributed by atoms with Crippen LogP contribution in [0.5, 0.6) is 5.75 Å². The lowest BCUT2D eigenvalue weighted by Gasteiger charge is -2.20. The lowest BCUT2D eigenvalue weighted by atomic mass is 10.2. The molecule has 0 heterocycles. The number of rotatable bonds is 7. The number of benzene rings is 1. The highest BCUT2D eigenvalue weighted by Crippen LogP contribution is 2.31. The highest BCUT2D eigenvalue weighted by Gasteiger charge is 2.30. The molecule has 0 aliphatic carbocycles. The van der Waals surface area contributed by atoms with E-state index in [1.807, 2.05) is 0 Å². The molecule has 0 unspecified atom stereocenters. The predicted molar refractivity (Wildman–Crippen MR) is 71.4 cm³/mol. The molecule has 1 N–H and O–H groups in total. The summed E-state index contributed by atoms with van der Waals surface area (Å²) in [6.45, 7) is 1.54. The van der Waals surface area contributed by atoms with Crippen molar-refractivity contribution >= 4 is 11.9 Å². The van der Waals surface area contributed by atoms with Crippen LogP contribution in [0.2, 0.25) is 0 Å². The monoisotopic (exact) mass is 319 g/mol. The van der Waals surface area contributed by atoms with Gasteiger partial charge in [-0.15, -0.1) is 0 Å². The van der Waals surface area contributed by atoms with Gasteiger partial charge in [0.15, 0.2) is 6.61 Å². The normalized spacial score (nSPS) is 11.1. The Labute approximate surface area is 125 Å². The average Bonchev–Trinajstić information content (AvgIpc) is 2.45. The number of hydrogen-bond donors (Lipinski definition) is 1. The van der Waals surface area contributed by atoms with Crippen molar-refractivity contribution in [2.45, 2.75) is 19.5 Å². The first kappa shape index (κ1) is 17.8. The van der Waals surface area contributed by atoms with E-state index in [2.05, 4.69) is 0 Å². The molecule has 0 saturated heterocycles. The zero-order valence-corrected chi connectivity index (χ0v) is 11.9. The van der Waals surface area contributed by atoms with Crippen LogP contribution in [0.15, 0.2) is 24.3 Å². The summed E-state index contributed by atoms with van der Waals surface area (Å²) in [5, 5.41) is 8.58. The number of alkyl halides is 3. The zero-order valence-electron chi connectivity index (χ0n) is 11.9. The molecule has 0 spiro atoms. The van der Waals surface area contributed by atoms with Gasteiger partial charge < -0.3 is 14.7 Å². The van der Waals surface area contributed by atoms with Crippen LogP contribution in [-0.2, 0) is 15.8 Å². The summed E-state index contributed by atoms with van der Waals surface area (Å²) in [5.74, 6) is -1.59. The molecule has 8 heteroatoms. The van der Waals surface area contributed by atoms with Crippen LogP contribution in [0.25, 0.3) is 0 Å². The summed E-state index contributed by atoms with van der Waals surface area (Å²) in [7, 11) is 0. The summed E-state index contributed by atoms with van der Waals surface area (Å²) in [5.41, 5.74) is -0.865. The Morgan fingerprint density at radius 2 is 2.00 bits per heavy atom. The maximum Gasteiger partial charge on any atom is 0.416 e. The van der Waals surface area contributed by atoms with Gasteiger partial charge in [0.2, 0.25) is 0 Å². The van der Waals surface area contributed by atoms with Crippen LogP contribution in [0, 0.1) is 0 Å². The standard InChI is InChI=1S/C14H16F3NO4/c1-2-18(7-6-13(20)21)12(19)9-22-11-5-3-4-10(8-11)14(15,16)17/h3-5,8H,2,6-7,9H2,1H3,(H,20,21). The number of aliphatic carboxylic acids is 1. The summed E-state index contributed by atoms with van der Waals surface area (Å²) in [6, 6.07) is 4.21. The molecule has 1 amide bonds. The highest BCUT2D eigenvalue weighted by atomic mass is 19.4. The number of hydrogen-bond acceptors (Lipinski definition) is 3. The second kappa shape index (κ2) is 7.67. The lowest BCUT2D eigenvalue weighted by Crippen LogP contribution is -2.36. The van der Waals surface area contributed by atoms with E-state index < -0.39 is 30.2 Å². The largest absolute Gasteiger partial charge is 0.484 e. The van der Waals surface area contributed by atoms with Crippen LogP contribution in [-0.4, -0.2) is 41.6 Å². The first-order chi connectivity index (χ1) is 10.2. The van der Waals surface area contributed by atoms with Crippen molar-refractivity contribution < 1.29 is 32.6 Å². The topological polar surface area (TPSA) is 66.8 Å². The number of halogens is 3. The van der Waals surface area contributed by atoms with Gasteiger partial charge in [0.05, 0.1) is 12.0 Å². The smallest absolute Gasteiger partial charge is 0.416 e. The van der Waals surface area contributed by atoms with E-state index in [4.69, 9.17) is 9.84 Å². The summed E-state index contributed by atoms with van der Waals surface area (Å²) in [4.78, 5) is 23.6. The number of amides is 1. The molecular formula is C14H16F3NO4. The predicted octanol–water partition coefficient (Wildman–Crippen LogP) is 2.41. The molecule has 1 aromatic carbocycles. The molecule has 0 atom stereocenters. The second-order valence-corrected chi connectivity index (χ2v) is 4.43. The highest BCUT2D eigenvalue weighted by molar-refractivity contribution is 5.78. The van der Waals surface area contributed by atoms with Crippen LogP contribution in [0.4, 0.5) is 13.2 Å². The minimum atomic E-state index is -4.49. The molecule has 22 heavy (non-hydrogen) atoms. The third kappa shape index (κ3) is 5.63. The summed E-state index contributed by atoms with van der Waals surface area (Å²) >= 11 is 0. The molecule has 0 radical (unpaired) electrons. The summed E-state index contributed by atoms with van der Waals surface area (Å²) in [6.07, 6.45) is -4.69. The van der Waals surface area contributed by atoms with Crippen molar-refractivity contribution in [3.63, 3.8) is 0 Å². The number of likely N-dealkylation sites (N-methyl/N-ethyl adjacent to an activating group) is 1. The quantitative estimate of drug-likeness (QED) is 0.838. The summed E-state index contributed by atoms with van der Waals surface area (Å²) < 4.78 is 42.7. The number of carboxylic acids is 1. The van der Waals surface area contributed by atoms with Gasteiger partial charge >= 0.3 is 12.1 Å². The first-order valence-corrected chi connectivity index (χ1v) is 6.53. The maximum atomic E-state index is 12.5. The van der Waals surface area contributed by atoms with Crippen molar-refractivity contribution in [2.75, 3.05) is 19.7 Å². The number of carboxylic acid groups (broad SMARTS) is 1. The Kier molecular flexibility index (Phi) is 6.21. The molecule has 5 nitrogen and oxygen atoms in total. The fourth-order valence-corrected chi connectivity index (χ4v) is 1.69. The number of ether oxygens (including phenoxy) is 1. The number of carbonyl (C=O) groups excluding carboxylic acids is 1. The van der Waals surface area contributed by atoms with Crippen LogP contribution in [0.1, 0.15) is 18.9 Å². The minimum absolute atomic E-state index is 0.0244. The van der Waals surface area contributed by atoms with Gasteiger partial charge in [-0.1, -0.05) is 6.07 Å². The molecule has 0 aliphatic heterocycles. The van der Waals surface area contributed by atoms with Crippen molar-refractivity contribution in [3.05, 3.63) is 29.8 Å². The SMILES string of the molecule is CCN(CCC(=O)O)C(=O)COc1cccc(C(F)(F)F)c1. The van der Waals surface area contributed by atoms with Crippen LogP contribution >= 0.6 is 0 Å². The van der Waals surface area contributed by atoms with E-state index in [1.54, 1.807) is 6.92 Å². The Balaban J connectivity index is 2.61. The number of carbonyl (C=O) groups is 2. The minimum Gasteiger partial charge on any atom is -0.484 e. The van der Waals surface area contributed by atoms with Crippen molar-refractivity contribution in [1.82, 2.24) is 4.90 Å². The van der Waals surface area contributed by atoms with E-state index >= 15 is 0 Å². The van der Waals surface area contributed by atoms with Gasteiger partial charge in [0.1, 0.15) is 5.75 Å². The zero-order chi connectivity index (χ0) is 16.8. The lowest BCUT2D eigenvalue weighted by molar-refractivity contribution is -0.139. The molecule has 0 aliphatic rings. The Hall–Kier alpha value is -2.25. The maximum absolute atomic E-state index is 12.5. The Bertz CT molecular complexity index is 531. The number of nitrogens with zero attached hydrogens (tertiary/aromatic N) is 1. The van der Waals surface area contributed by atoms with Gasteiger partial charge in [-0.05, 0) is 25.1 Å². The van der Waals surface area contributed by atoms with Gasteiger partial charge in [0, 0.05) is 13.1 Å². The molecule has 0 fully saturated rings. The van der Waals surface area contributed by atoms with Crippen LogP contribution < -0.4 is 4.74 Å². The van der Waals surface area contributed by atoms with Crippen molar-refractivity contribution in [2.24, 2.45) is 0 Å². The fourth-order valence-electron chi connectivity index (χ4n) is 1.69. The van der Waals surface area contributed by atoms with E-state index in [-0.39, 0.29) is 25.3 Å². The van der Waals surface area contributed by atoms with E-state index in [1.165, 1.54) is 17.0 Å². The van der Waals surface area contributed by atoms with Gasteiger partial charge in [-0.2, -0.15) is 13.2 Å². The van der Waals surface area contributed by atoms with E-state index in [0.29, 0.717) is 0 Å². The van der Waals surface area contributed by atoms with Crippen molar-refractivity contribution in [3.8, 4) is 5.75 Å². The van der Waals surface area contributed by atoms with Gasteiger partial charge in [-0.25, -0.2) is 0 Å². The van der Waals surface area contributed by atoms with Gasteiger partial charge in [-0.3, -0.25) is 9.59 Å². The van der Waals surface area contributed by atoms with Crippen LogP contribution in [0.3, 0.4) is 0 Å². The fraction of sp³-hybridized carbons (Fsp3) is 0.429. The van der Waals surface area contributed by atoms with Crippen molar-refractivity contribution in [1.29, 1.82) is 0 Å². The van der Waals surface area contributed by atoms with E-state index in [9.17, 15) is 22.8 Å². The molecule has 0 saturated carbocycles. The third-order valence-electron chi connectivity index (χ3n) is 2.85.